The summed E-state index contributed by atoms with van der Waals surface area (Å²) in [6.07, 6.45) is -74.8. The molecule has 8 heterocycles. The molecule has 8 aliphatic rings. The van der Waals surface area contributed by atoms with Crippen LogP contribution in [0.5, 0.6) is 0 Å². The van der Waals surface area contributed by atoms with Crippen molar-refractivity contribution in [1.29, 1.82) is 0 Å². The van der Waals surface area contributed by atoms with Crippen LogP contribution in [0, 0.1) is 0 Å². The average Bonchev–Trinajstić information content (AvgIpc) is 3.33. The Kier molecular flexibility index (Phi) is 25.7. The van der Waals surface area contributed by atoms with Crippen molar-refractivity contribution in [2.75, 3.05) is 52.9 Å². The molecule has 25 N–H and O–H groups in total. The second-order valence-corrected chi connectivity index (χ2v) is 22.3. The molecular formula is C48H82O40. The van der Waals surface area contributed by atoms with Crippen LogP contribution in [0.4, 0.5) is 0 Å². The van der Waals surface area contributed by atoms with E-state index in [9.17, 15) is 128 Å². The normalized spacial score (nSPS) is 53.2. The highest BCUT2D eigenvalue weighted by Crippen LogP contribution is 2.38. The van der Waals surface area contributed by atoms with Crippen LogP contribution in [0.25, 0.3) is 0 Å². The van der Waals surface area contributed by atoms with Gasteiger partial charge in [-0.25, -0.2) is 0 Å². The van der Waals surface area contributed by atoms with E-state index in [2.05, 4.69) is 0 Å². The molecule has 8 saturated heterocycles. The van der Waals surface area contributed by atoms with Crippen LogP contribution in [-0.2, 0) is 71.1 Å². The van der Waals surface area contributed by atoms with E-state index in [0.29, 0.717) is 0 Å². The molecule has 39 atom stereocenters. The van der Waals surface area contributed by atoms with Crippen molar-refractivity contribution in [1.82, 2.24) is 0 Å². The Labute approximate surface area is 496 Å². The SMILES string of the molecule is OCC1CC(O)C(O)C(OC2C(CO)OC(OC3C(CO)OC(OC4C(CO)OC(OC5C(CO)OC(OC6C(CO)OC(OC7C(CO)OC(OC8C(CO)OC(O)C(O)C8O)C(O)C7O)C(O)C6O)C(O)C5O)C(O)C4O)C(O)C3O)C(O)C2O)O1. The highest BCUT2D eigenvalue weighted by atomic mass is 16.8. The molecule has 0 spiro atoms. The molecule has 8 rings (SSSR count). The fourth-order valence-corrected chi connectivity index (χ4v) is 11.5. The van der Waals surface area contributed by atoms with Gasteiger partial charge in [-0.15, -0.1) is 0 Å². The number of aliphatic hydroxyl groups excluding tert-OH is 25. The van der Waals surface area contributed by atoms with Crippen LogP contribution in [-0.4, -0.2) is 420 Å². The summed E-state index contributed by atoms with van der Waals surface area (Å²) in [5, 5.41) is 267. The summed E-state index contributed by atoms with van der Waals surface area (Å²) in [5.74, 6) is 0. The molecule has 0 saturated carbocycles. The van der Waals surface area contributed by atoms with E-state index < -0.39 is 292 Å². The summed E-state index contributed by atoms with van der Waals surface area (Å²) in [6, 6.07) is 0. The lowest BCUT2D eigenvalue weighted by Crippen LogP contribution is -2.68. The van der Waals surface area contributed by atoms with Gasteiger partial charge in [-0.3, -0.25) is 0 Å². The molecule has 514 valence electrons. The van der Waals surface area contributed by atoms with Gasteiger partial charge in [0, 0.05) is 6.42 Å². The summed E-state index contributed by atoms with van der Waals surface area (Å²) in [5.41, 5.74) is 0. The molecular weight excluding hydrogens is 1220 g/mol. The molecule has 88 heavy (non-hydrogen) atoms. The van der Waals surface area contributed by atoms with Crippen LogP contribution in [0.2, 0.25) is 0 Å². The summed E-state index contributed by atoms with van der Waals surface area (Å²) < 4.78 is 83.7. The minimum Gasteiger partial charge on any atom is -0.394 e. The summed E-state index contributed by atoms with van der Waals surface area (Å²) in [4.78, 5) is 0. The molecule has 0 radical (unpaired) electrons. The fourth-order valence-electron chi connectivity index (χ4n) is 11.5. The van der Waals surface area contributed by atoms with E-state index in [1.54, 1.807) is 0 Å². The quantitative estimate of drug-likeness (QED) is 0.0479. The first-order valence-electron chi connectivity index (χ1n) is 28.1. The molecule has 39 unspecified atom stereocenters. The minimum atomic E-state index is -2.25. The Balaban J connectivity index is 0.850. The van der Waals surface area contributed by atoms with Gasteiger partial charge in [0.25, 0.3) is 0 Å². The average molecular weight is 1300 g/mol. The van der Waals surface area contributed by atoms with Gasteiger partial charge in [0.1, 0.15) is 177 Å². The number of aliphatic hydroxyl groups is 25. The molecule has 40 heteroatoms. The lowest BCUT2D eigenvalue weighted by Gasteiger charge is -2.50. The van der Waals surface area contributed by atoms with Crippen molar-refractivity contribution >= 4 is 0 Å². The third-order valence-corrected chi connectivity index (χ3v) is 16.5. The van der Waals surface area contributed by atoms with E-state index in [1.807, 2.05) is 0 Å². The van der Waals surface area contributed by atoms with E-state index in [-0.39, 0.29) is 6.42 Å². The first-order valence-corrected chi connectivity index (χ1v) is 28.1. The van der Waals surface area contributed by atoms with Gasteiger partial charge in [-0.1, -0.05) is 0 Å². The van der Waals surface area contributed by atoms with E-state index in [4.69, 9.17) is 71.1 Å². The lowest BCUT2D eigenvalue weighted by atomic mass is 9.95. The van der Waals surface area contributed by atoms with Crippen molar-refractivity contribution < 1.29 is 199 Å². The maximum absolute atomic E-state index is 11.4. The van der Waals surface area contributed by atoms with Crippen LogP contribution in [0.1, 0.15) is 6.42 Å². The Morgan fingerprint density at radius 1 is 0.216 bits per heavy atom. The number of hydrogen-bond acceptors (Lipinski definition) is 40. The van der Waals surface area contributed by atoms with Crippen LogP contribution < -0.4 is 0 Å². The first-order chi connectivity index (χ1) is 41.8. The second kappa shape index (κ2) is 31.3. The number of hydrogen-bond donors (Lipinski definition) is 25. The summed E-state index contributed by atoms with van der Waals surface area (Å²) >= 11 is 0. The van der Waals surface area contributed by atoms with Gasteiger partial charge < -0.3 is 199 Å². The van der Waals surface area contributed by atoms with Crippen molar-refractivity contribution in [3.8, 4) is 0 Å². The van der Waals surface area contributed by atoms with Gasteiger partial charge in [0.2, 0.25) is 0 Å². The second-order valence-electron chi connectivity index (χ2n) is 22.3. The monoisotopic (exact) mass is 1300 g/mol. The van der Waals surface area contributed by atoms with E-state index in [1.165, 1.54) is 0 Å². The van der Waals surface area contributed by atoms with Crippen LogP contribution in [0.3, 0.4) is 0 Å². The van der Waals surface area contributed by atoms with Crippen molar-refractivity contribution in [2.45, 2.75) is 246 Å². The Hall–Kier alpha value is -1.60. The van der Waals surface area contributed by atoms with Crippen molar-refractivity contribution in [3.05, 3.63) is 0 Å². The van der Waals surface area contributed by atoms with Crippen molar-refractivity contribution in [2.24, 2.45) is 0 Å². The third-order valence-electron chi connectivity index (χ3n) is 16.5. The van der Waals surface area contributed by atoms with Gasteiger partial charge >= 0.3 is 0 Å². The van der Waals surface area contributed by atoms with Crippen molar-refractivity contribution in [3.63, 3.8) is 0 Å². The Morgan fingerprint density at radius 3 is 0.614 bits per heavy atom. The summed E-state index contributed by atoms with van der Waals surface area (Å²) in [7, 11) is 0. The van der Waals surface area contributed by atoms with Gasteiger partial charge in [0.15, 0.2) is 50.3 Å². The predicted molar refractivity (Wildman–Crippen MR) is 263 cm³/mol. The van der Waals surface area contributed by atoms with Crippen LogP contribution >= 0.6 is 0 Å². The Morgan fingerprint density at radius 2 is 0.409 bits per heavy atom. The molecule has 0 bridgehead atoms. The zero-order valence-electron chi connectivity index (χ0n) is 46.2. The number of rotatable bonds is 22. The maximum Gasteiger partial charge on any atom is 0.187 e. The molecule has 0 aromatic heterocycles. The predicted octanol–water partition coefficient (Wildman–Crippen LogP) is -17.4. The zero-order chi connectivity index (χ0) is 64.5. The van der Waals surface area contributed by atoms with Crippen LogP contribution in [0.15, 0.2) is 0 Å². The molecule has 0 aromatic rings. The van der Waals surface area contributed by atoms with Gasteiger partial charge in [-0.2, -0.15) is 0 Å². The minimum absolute atomic E-state index is 0.181. The highest BCUT2D eigenvalue weighted by Gasteiger charge is 2.59. The summed E-state index contributed by atoms with van der Waals surface area (Å²) in [6.45, 7) is -7.70. The standard InChI is InChI=1S/C48H82O40/c49-2-10-1-11(57)19(58)42(74-10)82-35-13(4-51)76-44(28(67)21(35)60)84-37-15(6-53)78-46(30(69)23(37)62)86-39-17(8-55)80-48(32(71)25(39)64)88-40-18(9-56)81-47(33(72)26(40)65)87-38-16(7-54)79-45(31(70)24(38)63)85-36-14(5-52)77-43(29(68)22(36)61)83-34-12(3-50)75-41(73)27(66)20(34)59/h10-73H,1-9H2. The largest absolute Gasteiger partial charge is 0.394 e. The highest BCUT2D eigenvalue weighted by molar-refractivity contribution is 5.01. The molecule has 40 nitrogen and oxygen atoms in total. The third kappa shape index (κ3) is 14.9. The zero-order valence-corrected chi connectivity index (χ0v) is 46.2. The molecule has 0 aromatic carbocycles. The van der Waals surface area contributed by atoms with E-state index >= 15 is 0 Å². The Bertz CT molecular complexity index is 2090. The van der Waals surface area contributed by atoms with E-state index in [0.717, 1.165) is 0 Å². The molecule has 0 amide bonds. The molecule has 0 aliphatic carbocycles. The fraction of sp³-hybridized carbons (Fsp3) is 1.00. The van der Waals surface area contributed by atoms with Gasteiger partial charge in [-0.05, 0) is 0 Å². The molecule has 8 aliphatic heterocycles. The first kappa shape index (κ1) is 72.2. The maximum atomic E-state index is 11.4. The van der Waals surface area contributed by atoms with Gasteiger partial charge in [0.05, 0.1) is 65.1 Å². The topological polar surface area (TPSA) is 644 Å². The lowest BCUT2D eigenvalue weighted by molar-refractivity contribution is -0.399. The molecule has 8 fully saturated rings. The number of ether oxygens (including phenoxy) is 15. The smallest absolute Gasteiger partial charge is 0.187 e.